The van der Waals surface area contributed by atoms with E-state index in [0.717, 1.165) is 47.2 Å². The fourth-order valence-electron chi connectivity index (χ4n) is 3.97. The monoisotopic (exact) mass is 416 g/mol. The normalized spacial score (nSPS) is 14.3. The van der Waals surface area contributed by atoms with Crippen LogP contribution in [0.4, 0.5) is 5.69 Å². The van der Waals surface area contributed by atoms with Crippen molar-refractivity contribution in [3.63, 3.8) is 0 Å². The van der Waals surface area contributed by atoms with Crippen LogP contribution in [0, 0.1) is 13.8 Å². The lowest BCUT2D eigenvalue weighted by molar-refractivity contribution is -0.126. The molecule has 6 heteroatoms. The van der Waals surface area contributed by atoms with Gasteiger partial charge >= 0.3 is 0 Å². The molecule has 0 radical (unpaired) electrons. The molecule has 0 bridgehead atoms. The highest BCUT2D eigenvalue weighted by atomic mass is 16.5. The number of carbonyl (C=O) groups excluding carboxylic acids is 1. The van der Waals surface area contributed by atoms with E-state index in [4.69, 9.17) is 4.74 Å². The van der Waals surface area contributed by atoms with E-state index in [1.165, 1.54) is 0 Å². The number of amides is 1. The van der Waals surface area contributed by atoms with E-state index in [1.807, 2.05) is 78.0 Å². The molecular weight excluding hydrogens is 388 g/mol. The van der Waals surface area contributed by atoms with Gasteiger partial charge < -0.3 is 14.5 Å². The number of piperazine rings is 1. The molecule has 2 heterocycles. The molecule has 0 N–H and O–H groups in total. The van der Waals surface area contributed by atoms with Crippen LogP contribution < -0.4 is 9.64 Å². The number of rotatable bonds is 5. The Labute approximate surface area is 183 Å². The van der Waals surface area contributed by atoms with Crippen molar-refractivity contribution in [3.05, 3.63) is 77.6 Å². The number of ether oxygens (including phenoxy) is 1. The maximum Gasteiger partial charge on any atom is 0.246 e. The highest BCUT2D eigenvalue weighted by Gasteiger charge is 2.20. The highest BCUT2D eigenvalue weighted by molar-refractivity contribution is 5.92. The topological polar surface area (TPSA) is 50.6 Å². The van der Waals surface area contributed by atoms with Gasteiger partial charge in [0.05, 0.1) is 18.5 Å². The van der Waals surface area contributed by atoms with Crippen LogP contribution in [0.3, 0.4) is 0 Å². The Morgan fingerprint density at radius 3 is 2.39 bits per heavy atom. The second-order valence-electron chi connectivity index (χ2n) is 7.68. The maximum atomic E-state index is 12.8. The number of carbonyl (C=O) groups is 1. The van der Waals surface area contributed by atoms with Gasteiger partial charge in [-0.2, -0.15) is 5.10 Å². The third-order valence-corrected chi connectivity index (χ3v) is 5.75. The zero-order valence-corrected chi connectivity index (χ0v) is 18.3. The van der Waals surface area contributed by atoms with Crippen LogP contribution >= 0.6 is 0 Å². The molecule has 6 nitrogen and oxygen atoms in total. The number of aryl methyl sites for hydroxylation is 1. The quantitative estimate of drug-likeness (QED) is 0.593. The van der Waals surface area contributed by atoms with Crippen LogP contribution in [0.1, 0.15) is 17.0 Å². The Balaban J connectivity index is 1.41. The Bertz CT molecular complexity index is 1080. The summed E-state index contributed by atoms with van der Waals surface area (Å²) in [6.07, 6.45) is 3.57. The van der Waals surface area contributed by atoms with E-state index in [1.54, 1.807) is 13.2 Å². The Morgan fingerprint density at radius 2 is 1.68 bits per heavy atom. The zero-order valence-electron chi connectivity index (χ0n) is 18.3. The van der Waals surface area contributed by atoms with Crippen LogP contribution in [-0.2, 0) is 4.79 Å². The number of hydrogen-bond acceptors (Lipinski definition) is 4. The molecule has 31 heavy (non-hydrogen) atoms. The summed E-state index contributed by atoms with van der Waals surface area (Å²) in [4.78, 5) is 17.0. The molecule has 1 aliphatic rings. The maximum absolute atomic E-state index is 12.8. The molecule has 0 atom stereocenters. The Hall–Kier alpha value is -3.54. The van der Waals surface area contributed by atoms with Gasteiger partial charge in [-0.05, 0) is 44.2 Å². The van der Waals surface area contributed by atoms with Gasteiger partial charge in [0.1, 0.15) is 5.75 Å². The van der Waals surface area contributed by atoms with Gasteiger partial charge in [-0.1, -0.05) is 24.3 Å². The molecule has 1 aromatic heterocycles. The van der Waals surface area contributed by atoms with Gasteiger partial charge in [0.2, 0.25) is 5.91 Å². The number of nitrogens with zero attached hydrogens (tertiary/aromatic N) is 4. The minimum absolute atomic E-state index is 0.0385. The van der Waals surface area contributed by atoms with E-state index >= 15 is 0 Å². The molecule has 1 amide bonds. The number of methoxy groups -OCH3 is 1. The predicted octanol–water partition coefficient (Wildman–Crippen LogP) is 3.86. The van der Waals surface area contributed by atoms with Gasteiger partial charge in [-0.15, -0.1) is 0 Å². The summed E-state index contributed by atoms with van der Waals surface area (Å²) >= 11 is 0. The van der Waals surface area contributed by atoms with Crippen LogP contribution in [-0.4, -0.2) is 53.9 Å². The third-order valence-electron chi connectivity index (χ3n) is 5.75. The van der Waals surface area contributed by atoms with Crippen molar-refractivity contribution in [2.24, 2.45) is 0 Å². The molecule has 1 fully saturated rings. The molecule has 2 aromatic carbocycles. The smallest absolute Gasteiger partial charge is 0.246 e. The zero-order chi connectivity index (χ0) is 21.8. The molecule has 0 aliphatic carbocycles. The average Bonchev–Trinajstić information content (AvgIpc) is 3.11. The van der Waals surface area contributed by atoms with E-state index in [-0.39, 0.29) is 5.91 Å². The largest absolute Gasteiger partial charge is 0.497 e. The number of para-hydroxylation sites is 1. The van der Waals surface area contributed by atoms with Gasteiger partial charge in [0.15, 0.2) is 0 Å². The van der Waals surface area contributed by atoms with E-state index in [0.29, 0.717) is 13.1 Å². The number of aromatic nitrogens is 2. The van der Waals surface area contributed by atoms with E-state index in [9.17, 15) is 4.79 Å². The van der Waals surface area contributed by atoms with Gasteiger partial charge in [-0.3, -0.25) is 4.79 Å². The van der Waals surface area contributed by atoms with E-state index < -0.39 is 0 Å². The lowest BCUT2D eigenvalue weighted by Crippen LogP contribution is -2.48. The van der Waals surface area contributed by atoms with Crippen molar-refractivity contribution < 1.29 is 9.53 Å². The number of anilines is 1. The second kappa shape index (κ2) is 9.08. The van der Waals surface area contributed by atoms with Crippen molar-refractivity contribution in [3.8, 4) is 11.4 Å². The second-order valence-corrected chi connectivity index (χ2v) is 7.68. The van der Waals surface area contributed by atoms with Crippen molar-refractivity contribution in [2.75, 3.05) is 38.2 Å². The minimum atomic E-state index is 0.0385. The standard InChI is InChI=1S/C25H28N4O2/c1-19-24(20(2)29(26-19)21-8-5-4-6-9-21)12-13-25(30)28-16-14-27(15-17-28)22-10-7-11-23(18-22)31-3/h4-13,18H,14-17H2,1-3H3/b13-12+. The number of hydrogen-bond donors (Lipinski definition) is 0. The SMILES string of the molecule is COc1cccc(N2CCN(C(=O)/C=C/c3c(C)nn(-c4ccccc4)c3C)CC2)c1. The van der Waals surface area contributed by atoms with Crippen molar-refractivity contribution in [1.29, 1.82) is 0 Å². The molecule has 3 aromatic rings. The molecule has 0 unspecified atom stereocenters. The molecule has 1 aliphatic heterocycles. The van der Waals surface area contributed by atoms with Crippen molar-refractivity contribution in [2.45, 2.75) is 13.8 Å². The molecule has 160 valence electrons. The first-order valence-electron chi connectivity index (χ1n) is 10.5. The Kier molecular flexibility index (Phi) is 6.07. The van der Waals surface area contributed by atoms with Crippen molar-refractivity contribution in [1.82, 2.24) is 14.7 Å². The summed E-state index contributed by atoms with van der Waals surface area (Å²) in [6, 6.07) is 18.1. The molecule has 1 saturated heterocycles. The number of benzene rings is 2. The summed E-state index contributed by atoms with van der Waals surface area (Å²) in [6.45, 7) is 7.00. The lowest BCUT2D eigenvalue weighted by Gasteiger charge is -2.35. The first-order chi connectivity index (χ1) is 15.1. The van der Waals surface area contributed by atoms with Crippen molar-refractivity contribution >= 4 is 17.7 Å². The minimum Gasteiger partial charge on any atom is -0.497 e. The van der Waals surface area contributed by atoms with Gasteiger partial charge in [0, 0.05) is 55.3 Å². The van der Waals surface area contributed by atoms with Crippen LogP contribution in [0.5, 0.6) is 5.75 Å². The summed E-state index contributed by atoms with van der Waals surface area (Å²) < 4.78 is 7.24. The van der Waals surface area contributed by atoms with Crippen LogP contribution in [0.25, 0.3) is 11.8 Å². The van der Waals surface area contributed by atoms with Gasteiger partial charge in [0.25, 0.3) is 0 Å². The molecular formula is C25H28N4O2. The first kappa shape index (κ1) is 20.7. The summed E-state index contributed by atoms with van der Waals surface area (Å²) in [5.41, 5.74) is 5.07. The third kappa shape index (κ3) is 4.48. The summed E-state index contributed by atoms with van der Waals surface area (Å²) in [5.74, 6) is 0.886. The van der Waals surface area contributed by atoms with Gasteiger partial charge in [-0.25, -0.2) is 4.68 Å². The molecule has 4 rings (SSSR count). The van der Waals surface area contributed by atoms with Crippen LogP contribution in [0.15, 0.2) is 60.7 Å². The fraction of sp³-hybridized carbons (Fsp3) is 0.280. The molecule has 0 spiro atoms. The van der Waals surface area contributed by atoms with E-state index in [2.05, 4.69) is 16.1 Å². The summed E-state index contributed by atoms with van der Waals surface area (Å²) in [7, 11) is 1.68. The highest BCUT2D eigenvalue weighted by Crippen LogP contribution is 2.23. The van der Waals surface area contributed by atoms with Crippen LogP contribution in [0.2, 0.25) is 0 Å². The lowest BCUT2D eigenvalue weighted by atomic mass is 10.1. The molecule has 0 saturated carbocycles. The fourth-order valence-corrected chi connectivity index (χ4v) is 3.97. The first-order valence-corrected chi connectivity index (χ1v) is 10.5. The Morgan fingerprint density at radius 1 is 0.968 bits per heavy atom. The average molecular weight is 417 g/mol. The summed E-state index contributed by atoms with van der Waals surface area (Å²) in [5, 5.41) is 4.65. The predicted molar refractivity (Wildman–Crippen MR) is 124 cm³/mol.